The number of fused-ring (bicyclic) bond motifs is 1. The van der Waals surface area contributed by atoms with Crippen molar-refractivity contribution in [2.45, 2.75) is 51.7 Å². The van der Waals surface area contributed by atoms with Crippen LogP contribution in [0.5, 0.6) is 0 Å². The van der Waals surface area contributed by atoms with Crippen molar-refractivity contribution < 1.29 is 4.79 Å². The summed E-state index contributed by atoms with van der Waals surface area (Å²) in [6.45, 7) is 11.1. The van der Waals surface area contributed by atoms with E-state index in [-0.39, 0.29) is 5.91 Å². The van der Waals surface area contributed by atoms with Crippen LogP contribution in [0.4, 0.5) is 0 Å². The number of likely N-dealkylation sites (tertiary alicyclic amines) is 1. The SMILES string of the molecule is C=C(NCCCN1CCCCC1C)c1ccc2c(c1)C(=O)N(Cc1cccc(Br)c1)C2. The standard InChI is InChI=1S/C26H32BrN3O/c1-19-7-3-4-13-29(19)14-6-12-28-20(2)22-10-11-23-18-30(26(31)25(23)16-22)17-21-8-5-9-24(27)15-21/h5,8-11,15-16,19,28H,2-4,6-7,12-14,17-18H2,1H3. The van der Waals surface area contributed by atoms with Crippen molar-refractivity contribution in [3.8, 4) is 0 Å². The molecule has 2 heterocycles. The fourth-order valence-electron chi connectivity index (χ4n) is 4.65. The molecule has 1 saturated heterocycles. The van der Waals surface area contributed by atoms with Crippen LogP contribution in [0.3, 0.4) is 0 Å². The van der Waals surface area contributed by atoms with Gasteiger partial charge in [0.15, 0.2) is 0 Å². The topological polar surface area (TPSA) is 35.6 Å². The molecule has 164 valence electrons. The van der Waals surface area contributed by atoms with E-state index in [0.717, 1.165) is 51.9 Å². The Morgan fingerprint density at radius 2 is 2.10 bits per heavy atom. The molecule has 1 N–H and O–H groups in total. The lowest BCUT2D eigenvalue weighted by Gasteiger charge is -2.33. The minimum atomic E-state index is 0.101. The molecule has 2 aliphatic heterocycles. The molecule has 0 spiro atoms. The molecular weight excluding hydrogens is 450 g/mol. The Balaban J connectivity index is 1.31. The summed E-state index contributed by atoms with van der Waals surface area (Å²) in [5.74, 6) is 0.101. The van der Waals surface area contributed by atoms with E-state index < -0.39 is 0 Å². The fourth-order valence-corrected chi connectivity index (χ4v) is 5.09. The number of amides is 1. The monoisotopic (exact) mass is 481 g/mol. The van der Waals surface area contributed by atoms with Crippen LogP contribution in [0, 0.1) is 0 Å². The smallest absolute Gasteiger partial charge is 0.254 e. The summed E-state index contributed by atoms with van der Waals surface area (Å²) in [5, 5.41) is 3.47. The van der Waals surface area contributed by atoms with E-state index in [9.17, 15) is 4.79 Å². The van der Waals surface area contributed by atoms with Gasteiger partial charge in [0, 0.05) is 48.0 Å². The molecule has 1 atom stereocenters. The molecule has 0 aliphatic carbocycles. The maximum atomic E-state index is 13.0. The lowest BCUT2D eigenvalue weighted by molar-refractivity contribution is 0.0766. The highest BCUT2D eigenvalue weighted by molar-refractivity contribution is 9.10. The number of rotatable bonds is 8. The summed E-state index contributed by atoms with van der Waals surface area (Å²) >= 11 is 3.51. The Hall–Kier alpha value is -2.11. The van der Waals surface area contributed by atoms with Gasteiger partial charge in [0.2, 0.25) is 0 Å². The first-order valence-electron chi connectivity index (χ1n) is 11.3. The first-order chi connectivity index (χ1) is 15.0. The van der Waals surface area contributed by atoms with Crippen LogP contribution in [0.2, 0.25) is 0 Å². The molecule has 2 aliphatic rings. The van der Waals surface area contributed by atoms with E-state index in [0.29, 0.717) is 19.1 Å². The molecule has 4 rings (SSSR count). The van der Waals surface area contributed by atoms with Crippen LogP contribution in [0.15, 0.2) is 53.5 Å². The van der Waals surface area contributed by atoms with E-state index >= 15 is 0 Å². The van der Waals surface area contributed by atoms with E-state index in [1.807, 2.05) is 23.1 Å². The van der Waals surface area contributed by atoms with E-state index in [2.05, 4.69) is 63.9 Å². The zero-order valence-electron chi connectivity index (χ0n) is 18.4. The summed E-state index contributed by atoms with van der Waals surface area (Å²) in [7, 11) is 0. The van der Waals surface area contributed by atoms with Crippen LogP contribution < -0.4 is 5.32 Å². The van der Waals surface area contributed by atoms with Gasteiger partial charge in [0.25, 0.3) is 5.91 Å². The molecule has 1 fully saturated rings. The highest BCUT2D eigenvalue weighted by Crippen LogP contribution is 2.27. The number of piperidine rings is 1. The Labute approximate surface area is 194 Å². The molecule has 31 heavy (non-hydrogen) atoms. The van der Waals surface area contributed by atoms with Crippen LogP contribution in [-0.4, -0.2) is 41.4 Å². The van der Waals surface area contributed by atoms with Gasteiger partial charge in [-0.1, -0.05) is 53.2 Å². The third-order valence-corrected chi connectivity index (χ3v) is 6.99. The largest absolute Gasteiger partial charge is 0.385 e. The number of benzene rings is 2. The second-order valence-electron chi connectivity index (χ2n) is 8.80. The third-order valence-electron chi connectivity index (χ3n) is 6.50. The van der Waals surface area contributed by atoms with Gasteiger partial charge in [0.1, 0.15) is 0 Å². The number of hydrogen-bond acceptors (Lipinski definition) is 3. The van der Waals surface area contributed by atoms with Gasteiger partial charge in [-0.3, -0.25) is 4.79 Å². The minimum Gasteiger partial charge on any atom is -0.385 e. The van der Waals surface area contributed by atoms with Crippen molar-refractivity contribution in [2.75, 3.05) is 19.6 Å². The molecule has 0 bridgehead atoms. The third kappa shape index (κ3) is 5.39. The number of carbonyl (C=O) groups is 1. The second-order valence-corrected chi connectivity index (χ2v) is 9.72. The van der Waals surface area contributed by atoms with Crippen LogP contribution in [-0.2, 0) is 13.1 Å². The van der Waals surface area contributed by atoms with Crippen molar-refractivity contribution in [1.82, 2.24) is 15.1 Å². The quantitative estimate of drug-likeness (QED) is 0.510. The summed E-state index contributed by atoms with van der Waals surface area (Å²) in [6.07, 6.45) is 5.12. The summed E-state index contributed by atoms with van der Waals surface area (Å²) < 4.78 is 1.04. The first-order valence-corrected chi connectivity index (χ1v) is 12.1. The Kier molecular flexibility index (Phi) is 7.13. The maximum absolute atomic E-state index is 13.0. The van der Waals surface area contributed by atoms with E-state index in [1.54, 1.807) is 0 Å². The normalized spacial score (nSPS) is 18.8. The number of nitrogens with zero attached hydrogens (tertiary/aromatic N) is 2. The number of carbonyl (C=O) groups excluding carboxylic acids is 1. The molecule has 1 unspecified atom stereocenters. The lowest BCUT2D eigenvalue weighted by Crippen LogP contribution is -2.38. The minimum absolute atomic E-state index is 0.101. The number of hydrogen-bond donors (Lipinski definition) is 1. The molecule has 0 saturated carbocycles. The fraction of sp³-hybridized carbons (Fsp3) is 0.423. The average molecular weight is 482 g/mol. The van der Waals surface area contributed by atoms with Crippen molar-refractivity contribution in [3.63, 3.8) is 0 Å². The van der Waals surface area contributed by atoms with Crippen LogP contribution >= 0.6 is 15.9 Å². The van der Waals surface area contributed by atoms with E-state index in [4.69, 9.17) is 0 Å². The van der Waals surface area contributed by atoms with Crippen LogP contribution in [0.25, 0.3) is 5.70 Å². The first kappa shape index (κ1) is 22.1. The molecule has 5 heteroatoms. The van der Waals surface area contributed by atoms with Crippen molar-refractivity contribution in [3.05, 3.63) is 75.8 Å². The maximum Gasteiger partial charge on any atom is 0.254 e. The zero-order valence-corrected chi connectivity index (χ0v) is 20.0. The van der Waals surface area contributed by atoms with E-state index in [1.165, 1.54) is 25.8 Å². The Bertz CT molecular complexity index is 957. The van der Waals surface area contributed by atoms with Crippen LogP contribution in [0.1, 0.15) is 59.7 Å². The lowest BCUT2D eigenvalue weighted by atomic mass is 10.0. The Morgan fingerprint density at radius 1 is 1.23 bits per heavy atom. The number of nitrogens with one attached hydrogen (secondary N) is 1. The molecule has 1 amide bonds. The summed E-state index contributed by atoms with van der Waals surface area (Å²) in [4.78, 5) is 17.5. The van der Waals surface area contributed by atoms with Gasteiger partial charge in [-0.15, -0.1) is 0 Å². The highest BCUT2D eigenvalue weighted by Gasteiger charge is 2.27. The zero-order chi connectivity index (χ0) is 21.8. The summed E-state index contributed by atoms with van der Waals surface area (Å²) in [6, 6.07) is 15.0. The predicted octanol–water partition coefficient (Wildman–Crippen LogP) is 5.43. The highest BCUT2D eigenvalue weighted by atomic mass is 79.9. The van der Waals surface area contributed by atoms with Gasteiger partial charge in [-0.2, -0.15) is 0 Å². The average Bonchev–Trinajstić information content (AvgIpc) is 3.07. The van der Waals surface area contributed by atoms with Crippen molar-refractivity contribution >= 4 is 27.5 Å². The molecule has 0 radical (unpaired) electrons. The molecule has 2 aromatic carbocycles. The Morgan fingerprint density at radius 3 is 2.90 bits per heavy atom. The molecule has 0 aromatic heterocycles. The van der Waals surface area contributed by atoms with Crippen molar-refractivity contribution in [1.29, 1.82) is 0 Å². The van der Waals surface area contributed by atoms with Crippen molar-refractivity contribution in [2.24, 2.45) is 0 Å². The summed E-state index contributed by atoms with van der Waals surface area (Å²) in [5.41, 5.74) is 4.92. The van der Waals surface area contributed by atoms with Gasteiger partial charge >= 0.3 is 0 Å². The molecule has 4 nitrogen and oxygen atoms in total. The molecule has 2 aromatic rings. The van der Waals surface area contributed by atoms with Gasteiger partial charge in [-0.25, -0.2) is 0 Å². The predicted molar refractivity (Wildman–Crippen MR) is 131 cm³/mol. The van der Waals surface area contributed by atoms with Gasteiger partial charge < -0.3 is 15.1 Å². The second kappa shape index (κ2) is 10.0. The van der Waals surface area contributed by atoms with Gasteiger partial charge in [-0.05, 0) is 67.6 Å². The van der Waals surface area contributed by atoms with Gasteiger partial charge in [0.05, 0.1) is 0 Å². The molecular formula is C26H32BrN3O. The number of halogens is 1.